The molecule has 0 amide bonds. The van der Waals surface area contributed by atoms with Gasteiger partial charge < -0.3 is 10.1 Å². The van der Waals surface area contributed by atoms with Crippen LogP contribution in [0.15, 0.2) is 24.3 Å². The third-order valence-electron chi connectivity index (χ3n) is 3.06. The Morgan fingerprint density at radius 3 is 2.71 bits per heavy atom. The molecule has 1 aromatic carbocycles. The van der Waals surface area contributed by atoms with Crippen molar-refractivity contribution in [1.82, 2.24) is 9.97 Å². The molecule has 4 nitrogen and oxygen atoms in total. The zero-order chi connectivity index (χ0) is 15.2. The van der Waals surface area contributed by atoms with Crippen molar-refractivity contribution in [1.29, 1.82) is 0 Å². The van der Waals surface area contributed by atoms with Crippen molar-refractivity contribution < 1.29 is 9.13 Å². The number of anilines is 1. The average molecular weight is 289 g/mol. The molecule has 0 saturated heterocycles. The van der Waals surface area contributed by atoms with E-state index in [-0.39, 0.29) is 5.82 Å². The highest BCUT2D eigenvalue weighted by atomic mass is 19.1. The molecule has 0 radical (unpaired) electrons. The molecule has 0 bridgehead atoms. The van der Waals surface area contributed by atoms with E-state index in [9.17, 15) is 4.39 Å². The molecule has 0 aliphatic rings. The molecule has 1 heterocycles. The topological polar surface area (TPSA) is 47.0 Å². The summed E-state index contributed by atoms with van der Waals surface area (Å²) >= 11 is 0. The van der Waals surface area contributed by atoms with Crippen LogP contribution in [-0.2, 0) is 11.3 Å². The van der Waals surface area contributed by atoms with Crippen LogP contribution in [0.1, 0.15) is 24.6 Å². The fraction of sp³-hybridized carbons (Fsp3) is 0.375. The summed E-state index contributed by atoms with van der Waals surface area (Å²) in [6, 6.07) is 6.88. The van der Waals surface area contributed by atoms with E-state index in [0.717, 1.165) is 24.5 Å². The summed E-state index contributed by atoms with van der Waals surface area (Å²) in [5.41, 5.74) is 2.04. The number of hydrogen-bond donors (Lipinski definition) is 1. The van der Waals surface area contributed by atoms with Crippen molar-refractivity contribution in [3.05, 3.63) is 41.3 Å². The standard InChI is InChI=1S/C16H20FN3O/c1-4-7-18-15-9-13(10-21-3)19-16(20-15)12-6-5-11(2)14(17)8-12/h5-6,8-9H,4,7,10H2,1-3H3,(H,18,19,20). The van der Waals surface area contributed by atoms with Crippen LogP contribution in [0.25, 0.3) is 11.4 Å². The molecule has 0 unspecified atom stereocenters. The Kier molecular flexibility index (Phi) is 5.22. The second-order valence-electron chi connectivity index (χ2n) is 4.89. The first-order chi connectivity index (χ1) is 10.1. The number of nitrogens with one attached hydrogen (secondary N) is 1. The molecule has 1 aromatic heterocycles. The molecular weight excluding hydrogens is 269 g/mol. The van der Waals surface area contributed by atoms with Crippen LogP contribution in [0.4, 0.5) is 10.2 Å². The number of rotatable bonds is 6. The van der Waals surface area contributed by atoms with E-state index in [4.69, 9.17) is 4.74 Å². The van der Waals surface area contributed by atoms with Crippen molar-refractivity contribution >= 4 is 5.82 Å². The lowest BCUT2D eigenvalue weighted by atomic mass is 10.1. The van der Waals surface area contributed by atoms with E-state index in [1.807, 2.05) is 12.1 Å². The average Bonchev–Trinajstić information content (AvgIpc) is 2.48. The smallest absolute Gasteiger partial charge is 0.161 e. The molecule has 1 N–H and O–H groups in total. The van der Waals surface area contributed by atoms with Crippen LogP contribution in [0.3, 0.4) is 0 Å². The Bertz CT molecular complexity index is 616. The third-order valence-corrected chi connectivity index (χ3v) is 3.06. The van der Waals surface area contributed by atoms with Gasteiger partial charge in [-0.25, -0.2) is 14.4 Å². The first-order valence-corrected chi connectivity index (χ1v) is 7.01. The summed E-state index contributed by atoms with van der Waals surface area (Å²) in [5.74, 6) is 0.980. The minimum atomic E-state index is -0.253. The molecule has 0 fully saturated rings. The van der Waals surface area contributed by atoms with E-state index >= 15 is 0 Å². The molecule has 112 valence electrons. The van der Waals surface area contributed by atoms with Crippen molar-refractivity contribution in [3.8, 4) is 11.4 Å². The first kappa shape index (κ1) is 15.4. The number of methoxy groups -OCH3 is 1. The summed E-state index contributed by atoms with van der Waals surface area (Å²) in [7, 11) is 1.62. The number of nitrogens with zero attached hydrogens (tertiary/aromatic N) is 2. The van der Waals surface area contributed by atoms with Gasteiger partial charge in [0.05, 0.1) is 12.3 Å². The molecular formula is C16H20FN3O. The maximum Gasteiger partial charge on any atom is 0.161 e. The highest BCUT2D eigenvalue weighted by Crippen LogP contribution is 2.21. The van der Waals surface area contributed by atoms with Crippen LogP contribution >= 0.6 is 0 Å². The SMILES string of the molecule is CCCNc1cc(COC)nc(-c2ccc(C)c(F)c2)n1. The van der Waals surface area contributed by atoms with Crippen LogP contribution in [0.5, 0.6) is 0 Å². The number of aryl methyl sites for hydroxylation is 1. The zero-order valence-electron chi connectivity index (χ0n) is 12.6. The van der Waals surface area contributed by atoms with Gasteiger partial charge in [-0.05, 0) is 25.0 Å². The highest BCUT2D eigenvalue weighted by Gasteiger charge is 2.09. The Labute approximate surface area is 124 Å². The van der Waals surface area contributed by atoms with Gasteiger partial charge in [0.1, 0.15) is 11.6 Å². The van der Waals surface area contributed by atoms with Gasteiger partial charge in [0.25, 0.3) is 0 Å². The summed E-state index contributed by atoms with van der Waals surface area (Å²) in [5, 5.41) is 3.23. The number of halogens is 1. The molecule has 21 heavy (non-hydrogen) atoms. The molecule has 5 heteroatoms. The van der Waals surface area contributed by atoms with Crippen molar-refractivity contribution in [2.45, 2.75) is 26.9 Å². The van der Waals surface area contributed by atoms with E-state index < -0.39 is 0 Å². The molecule has 0 aliphatic carbocycles. The third kappa shape index (κ3) is 3.98. The lowest BCUT2D eigenvalue weighted by Gasteiger charge is -2.10. The fourth-order valence-electron chi connectivity index (χ4n) is 1.92. The molecule has 0 spiro atoms. The Balaban J connectivity index is 2.40. The van der Waals surface area contributed by atoms with E-state index in [1.165, 1.54) is 6.07 Å². The van der Waals surface area contributed by atoms with Gasteiger partial charge >= 0.3 is 0 Å². The monoisotopic (exact) mass is 289 g/mol. The predicted octanol–water partition coefficient (Wildman–Crippen LogP) is 3.56. The number of hydrogen-bond acceptors (Lipinski definition) is 4. The second kappa shape index (κ2) is 7.13. The maximum atomic E-state index is 13.7. The maximum absolute atomic E-state index is 13.7. The van der Waals surface area contributed by atoms with Gasteiger partial charge in [-0.3, -0.25) is 0 Å². The van der Waals surface area contributed by atoms with E-state index in [2.05, 4.69) is 22.2 Å². The minimum absolute atomic E-state index is 0.253. The quantitative estimate of drug-likeness (QED) is 0.883. The molecule has 0 saturated carbocycles. The van der Waals surface area contributed by atoms with Crippen molar-refractivity contribution in [2.75, 3.05) is 19.0 Å². The molecule has 0 atom stereocenters. The van der Waals surface area contributed by atoms with Crippen molar-refractivity contribution in [3.63, 3.8) is 0 Å². The van der Waals surface area contributed by atoms with Gasteiger partial charge in [-0.1, -0.05) is 19.1 Å². The van der Waals surface area contributed by atoms with Crippen LogP contribution in [-0.4, -0.2) is 23.6 Å². The summed E-state index contributed by atoms with van der Waals surface area (Å²) in [4.78, 5) is 8.88. The van der Waals surface area contributed by atoms with Gasteiger partial charge in [-0.15, -0.1) is 0 Å². The zero-order valence-corrected chi connectivity index (χ0v) is 12.6. The Morgan fingerprint density at radius 2 is 2.05 bits per heavy atom. The lowest BCUT2D eigenvalue weighted by molar-refractivity contribution is 0.181. The van der Waals surface area contributed by atoms with E-state index in [0.29, 0.717) is 23.6 Å². The first-order valence-electron chi connectivity index (χ1n) is 7.01. The van der Waals surface area contributed by atoms with Crippen LogP contribution in [0, 0.1) is 12.7 Å². The van der Waals surface area contributed by atoms with Crippen LogP contribution in [0.2, 0.25) is 0 Å². The molecule has 2 aromatic rings. The van der Waals surface area contributed by atoms with Gasteiger partial charge in [0.15, 0.2) is 5.82 Å². The van der Waals surface area contributed by atoms with E-state index in [1.54, 1.807) is 20.1 Å². The predicted molar refractivity (Wildman–Crippen MR) is 81.7 cm³/mol. The summed E-state index contributed by atoms with van der Waals surface area (Å²) < 4.78 is 18.8. The van der Waals surface area contributed by atoms with Crippen LogP contribution < -0.4 is 5.32 Å². The fourth-order valence-corrected chi connectivity index (χ4v) is 1.92. The summed E-state index contributed by atoms with van der Waals surface area (Å²) in [6.07, 6.45) is 0.998. The minimum Gasteiger partial charge on any atom is -0.378 e. The molecule has 0 aliphatic heterocycles. The number of benzene rings is 1. The lowest BCUT2D eigenvalue weighted by Crippen LogP contribution is -2.06. The van der Waals surface area contributed by atoms with Crippen molar-refractivity contribution in [2.24, 2.45) is 0 Å². The Hall–Kier alpha value is -2.01. The normalized spacial score (nSPS) is 10.7. The summed E-state index contributed by atoms with van der Waals surface area (Å²) in [6.45, 7) is 5.03. The largest absolute Gasteiger partial charge is 0.378 e. The van der Waals surface area contributed by atoms with Gasteiger partial charge in [-0.2, -0.15) is 0 Å². The number of ether oxygens (including phenoxy) is 1. The second-order valence-corrected chi connectivity index (χ2v) is 4.89. The molecule has 2 rings (SSSR count). The van der Waals surface area contributed by atoms with Gasteiger partial charge in [0.2, 0.25) is 0 Å². The number of aromatic nitrogens is 2. The highest BCUT2D eigenvalue weighted by molar-refractivity contribution is 5.58. The van der Waals surface area contributed by atoms with Gasteiger partial charge in [0, 0.05) is 25.3 Å². The Morgan fingerprint density at radius 1 is 1.24 bits per heavy atom.